The molecular weight excluding hydrogens is 266 g/mol. The lowest BCUT2D eigenvalue weighted by molar-refractivity contribution is -0.121. The summed E-state index contributed by atoms with van der Waals surface area (Å²) in [5.74, 6) is 1.75. The van der Waals surface area contributed by atoms with Gasteiger partial charge in [0.15, 0.2) is 0 Å². The van der Waals surface area contributed by atoms with Gasteiger partial charge in [0.2, 0.25) is 5.91 Å². The van der Waals surface area contributed by atoms with E-state index in [1.807, 2.05) is 20.8 Å². The van der Waals surface area contributed by atoms with Crippen LogP contribution in [0.25, 0.3) is 0 Å². The molecule has 1 rings (SSSR count). The molecule has 1 aromatic rings. The van der Waals surface area contributed by atoms with E-state index < -0.39 is 0 Å². The van der Waals surface area contributed by atoms with Crippen LogP contribution in [0.3, 0.4) is 0 Å². The number of nitrogens with one attached hydrogen (secondary N) is 3. The second kappa shape index (κ2) is 9.15. The molecule has 0 spiro atoms. The van der Waals surface area contributed by atoms with Crippen LogP contribution >= 0.6 is 0 Å². The van der Waals surface area contributed by atoms with E-state index in [1.165, 1.54) is 0 Å². The van der Waals surface area contributed by atoms with E-state index in [2.05, 4.69) is 32.8 Å². The Morgan fingerprint density at radius 3 is 2.43 bits per heavy atom. The normalized spacial score (nSPS) is 10.5. The van der Waals surface area contributed by atoms with E-state index in [0.717, 1.165) is 36.6 Å². The summed E-state index contributed by atoms with van der Waals surface area (Å²) in [5, 5.41) is 9.38. The summed E-state index contributed by atoms with van der Waals surface area (Å²) < 4.78 is 0. The Bertz CT molecular complexity index is 448. The Hall–Kier alpha value is -1.85. The van der Waals surface area contributed by atoms with Gasteiger partial charge in [0.25, 0.3) is 0 Å². The van der Waals surface area contributed by atoms with E-state index >= 15 is 0 Å². The van der Waals surface area contributed by atoms with E-state index in [9.17, 15) is 4.79 Å². The van der Waals surface area contributed by atoms with Gasteiger partial charge < -0.3 is 16.0 Å². The first-order chi connectivity index (χ1) is 10.1. The number of amides is 1. The van der Waals surface area contributed by atoms with Crippen LogP contribution in [0.5, 0.6) is 0 Å². The summed E-state index contributed by atoms with van der Waals surface area (Å²) in [6, 6.07) is 0.174. The third-order valence-corrected chi connectivity index (χ3v) is 2.88. The minimum atomic E-state index is 0.0514. The predicted molar refractivity (Wildman–Crippen MR) is 86.6 cm³/mol. The molecule has 6 heteroatoms. The fourth-order valence-electron chi connectivity index (χ4n) is 2.06. The summed E-state index contributed by atoms with van der Waals surface area (Å²) in [6.45, 7) is 9.47. The maximum Gasteiger partial charge on any atom is 0.221 e. The van der Waals surface area contributed by atoms with Gasteiger partial charge in [-0.1, -0.05) is 13.3 Å². The van der Waals surface area contributed by atoms with Crippen molar-refractivity contribution in [2.75, 3.05) is 23.7 Å². The Morgan fingerprint density at radius 2 is 1.86 bits per heavy atom. The van der Waals surface area contributed by atoms with Crippen molar-refractivity contribution in [2.45, 2.75) is 53.0 Å². The van der Waals surface area contributed by atoms with Gasteiger partial charge >= 0.3 is 0 Å². The van der Waals surface area contributed by atoms with E-state index in [-0.39, 0.29) is 11.9 Å². The molecule has 0 saturated heterocycles. The molecule has 0 radical (unpaired) electrons. The quantitative estimate of drug-likeness (QED) is 0.650. The van der Waals surface area contributed by atoms with Crippen molar-refractivity contribution >= 4 is 17.5 Å². The highest BCUT2D eigenvalue weighted by Gasteiger charge is 2.10. The molecule has 0 aliphatic heterocycles. The fourth-order valence-corrected chi connectivity index (χ4v) is 2.06. The lowest BCUT2D eigenvalue weighted by Crippen LogP contribution is -2.31. The van der Waals surface area contributed by atoms with Crippen LogP contribution in [0.1, 0.15) is 46.1 Å². The summed E-state index contributed by atoms with van der Waals surface area (Å²) >= 11 is 0. The van der Waals surface area contributed by atoms with Gasteiger partial charge in [-0.15, -0.1) is 0 Å². The number of hydrogen-bond donors (Lipinski definition) is 3. The van der Waals surface area contributed by atoms with Gasteiger partial charge in [-0.2, -0.15) is 0 Å². The van der Waals surface area contributed by atoms with E-state index in [4.69, 9.17) is 0 Å². The fraction of sp³-hybridized carbons (Fsp3) is 0.667. The molecule has 21 heavy (non-hydrogen) atoms. The Kier molecular flexibility index (Phi) is 7.50. The van der Waals surface area contributed by atoms with Gasteiger partial charge in [0.05, 0.1) is 0 Å². The van der Waals surface area contributed by atoms with Gasteiger partial charge in [0, 0.05) is 31.1 Å². The van der Waals surface area contributed by atoms with Crippen molar-refractivity contribution < 1.29 is 4.79 Å². The van der Waals surface area contributed by atoms with Crippen molar-refractivity contribution in [3.63, 3.8) is 0 Å². The zero-order chi connectivity index (χ0) is 15.7. The summed E-state index contributed by atoms with van der Waals surface area (Å²) in [6.07, 6.45) is 3.91. The predicted octanol–water partition coefficient (Wildman–Crippen LogP) is 2.19. The molecular formula is C15H27N5O. The molecule has 118 valence electrons. The second-order valence-corrected chi connectivity index (χ2v) is 5.23. The molecule has 0 unspecified atom stereocenters. The lowest BCUT2D eigenvalue weighted by atomic mass is 10.1. The minimum absolute atomic E-state index is 0.0514. The molecule has 0 bridgehead atoms. The third-order valence-electron chi connectivity index (χ3n) is 2.88. The number of hydrogen-bond acceptors (Lipinski definition) is 5. The number of carbonyl (C=O) groups excluding carboxylic acids is 1. The Labute approximate surface area is 127 Å². The highest BCUT2D eigenvalue weighted by Crippen LogP contribution is 2.21. The average molecular weight is 293 g/mol. The standard InChI is InChI=1S/C15H27N5O/c1-5-7-12-14(16-6-2)18-10-19-15(12)17-9-8-13(21)20-11(3)4/h10-11H,5-9H2,1-4H3,(H,20,21)(H2,16,17,18,19). The maximum atomic E-state index is 11.6. The number of anilines is 2. The SMILES string of the molecule is CCCc1c(NCC)ncnc1NCCC(=O)NC(C)C. The molecule has 0 aliphatic carbocycles. The monoisotopic (exact) mass is 293 g/mol. The van der Waals surface area contributed by atoms with E-state index in [1.54, 1.807) is 6.33 Å². The van der Waals surface area contributed by atoms with Crippen LogP contribution in [0, 0.1) is 0 Å². The highest BCUT2D eigenvalue weighted by molar-refractivity contribution is 5.76. The van der Waals surface area contributed by atoms with Crippen LogP contribution in [0.2, 0.25) is 0 Å². The molecule has 0 saturated carbocycles. The molecule has 1 heterocycles. The van der Waals surface area contributed by atoms with Gasteiger partial charge in [-0.25, -0.2) is 9.97 Å². The van der Waals surface area contributed by atoms with Crippen LogP contribution < -0.4 is 16.0 Å². The largest absolute Gasteiger partial charge is 0.370 e. The first kappa shape index (κ1) is 17.2. The van der Waals surface area contributed by atoms with Crippen LogP contribution in [-0.4, -0.2) is 35.0 Å². The van der Waals surface area contributed by atoms with Crippen LogP contribution in [-0.2, 0) is 11.2 Å². The van der Waals surface area contributed by atoms with Gasteiger partial charge in [0.1, 0.15) is 18.0 Å². The second-order valence-electron chi connectivity index (χ2n) is 5.23. The number of nitrogens with zero attached hydrogens (tertiary/aromatic N) is 2. The Morgan fingerprint density at radius 1 is 1.19 bits per heavy atom. The number of aromatic nitrogens is 2. The van der Waals surface area contributed by atoms with Crippen LogP contribution in [0.15, 0.2) is 6.33 Å². The summed E-state index contributed by atoms with van der Waals surface area (Å²) in [5.41, 5.74) is 1.09. The first-order valence-corrected chi connectivity index (χ1v) is 7.69. The molecule has 1 amide bonds. The number of rotatable bonds is 9. The average Bonchev–Trinajstić information content (AvgIpc) is 2.41. The molecule has 1 aromatic heterocycles. The highest BCUT2D eigenvalue weighted by atomic mass is 16.1. The van der Waals surface area contributed by atoms with Crippen molar-refractivity contribution in [3.8, 4) is 0 Å². The van der Waals surface area contributed by atoms with Crippen molar-refractivity contribution in [2.24, 2.45) is 0 Å². The molecule has 0 fully saturated rings. The zero-order valence-electron chi connectivity index (χ0n) is 13.5. The lowest BCUT2D eigenvalue weighted by Gasteiger charge is -2.14. The van der Waals surface area contributed by atoms with Crippen LogP contribution in [0.4, 0.5) is 11.6 Å². The minimum Gasteiger partial charge on any atom is -0.370 e. The third kappa shape index (κ3) is 5.97. The molecule has 0 aromatic carbocycles. The zero-order valence-corrected chi connectivity index (χ0v) is 13.5. The van der Waals surface area contributed by atoms with Crippen molar-refractivity contribution in [3.05, 3.63) is 11.9 Å². The topological polar surface area (TPSA) is 78.9 Å². The smallest absolute Gasteiger partial charge is 0.221 e. The maximum absolute atomic E-state index is 11.6. The molecule has 0 aliphatic rings. The van der Waals surface area contributed by atoms with Crippen molar-refractivity contribution in [1.82, 2.24) is 15.3 Å². The molecule has 6 nitrogen and oxygen atoms in total. The summed E-state index contributed by atoms with van der Waals surface area (Å²) in [4.78, 5) is 20.2. The Balaban J connectivity index is 2.65. The molecule has 0 atom stereocenters. The molecule has 3 N–H and O–H groups in total. The van der Waals surface area contributed by atoms with Gasteiger partial charge in [-0.3, -0.25) is 4.79 Å². The number of carbonyl (C=O) groups is 1. The first-order valence-electron chi connectivity index (χ1n) is 7.69. The summed E-state index contributed by atoms with van der Waals surface area (Å²) in [7, 11) is 0. The van der Waals surface area contributed by atoms with Gasteiger partial charge in [-0.05, 0) is 27.2 Å². The van der Waals surface area contributed by atoms with Crippen molar-refractivity contribution in [1.29, 1.82) is 0 Å². The van der Waals surface area contributed by atoms with E-state index in [0.29, 0.717) is 13.0 Å².